The SMILES string of the molecule is CC1c2nn(C)c(-c3cc(C(F)(F)F)nn3C)c2CCN1C(=O)c1ccnc2c1ccn2C(F)C(F)F. The molecule has 0 aliphatic carbocycles. The highest BCUT2D eigenvalue weighted by atomic mass is 19.4. The molecule has 8 nitrogen and oxygen atoms in total. The second kappa shape index (κ2) is 8.63. The van der Waals surface area contributed by atoms with Gasteiger partial charge in [0.1, 0.15) is 5.65 Å². The maximum Gasteiger partial charge on any atom is 0.435 e. The van der Waals surface area contributed by atoms with Crippen molar-refractivity contribution in [3.63, 3.8) is 0 Å². The van der Waals surface area contributed by atoms with Crippen LogP contribution in [0.15, 0.2) is 30.6 Å². The quantitative estimate of drug-likeness (QED) is 0.363. The minimum atomic E-state index is -4.60. The molecule has 1 amide bonds. The minimum Gasteiger partial charge on any atom is -0.330 e. The molecule has 4 aromatic rings. The summed E-state index contributed by atoms with van der Waals surface area (Å²) in [5.74, 6) is -0.428. The Bertz CT molecular complexity index is 1500. The van der Waals surface area contributed by atoms with Crippen LogP contribution in [0.1, 0.15) is 46.6 Å². The van der Waals surface area contributed by atoms with Gasteiger partial charge >= 0.3 is 6.18 Å². The number of pyridine rings is 1. The van der Waals surface area contributed by atoms with Gasteiger partial charge in [0, 0.05) is 44.0 Å². The molecule has 196 valence electrons. The summed E-state index contributed by atoms with van der Waals surface area (Å²) in [7, 11) is 3.03. The summed E-state index contributed by atoms with van der Waals surface area (Å²) >= 11 is 0. The van der Waals surface area contributed by atoms with Crippen molar-refractivity contribution in [2.75, 3.05) is 6.54 Å². The first kappa shape index (κ1) is 24.8. The zero-order chi connectivity index (χ0) is 26.8. The first-order chi connectivity index (χ1) is 17.4. The lowest BCUT2D eigenvalue weighted by Gasteiger charge is -2.33. The van der Waals surface area contributed by atoms with E-state index in [9.17, 15) is 31.1 Å². The number of rotatable bonds is 4. The average Bonchev–Trinajstić information content (AvgIpc) is 3.52. The highest BCUT2D eigenvalue weighted by Gasteiger charge is 2.38. The first-order valence-corrected chi connectivity index (χ1v) is 11.3. The monoisotopic (exact) mass is 525 g/mol. The van der Waals surface area contributed by atoms with Crippen LogP contribution in [-0.2, 0) is 26.7 Å². The lowest BCUT2D eigenvalue weighted by molar-refractivity contribution is -0.141. The molecule has 0 radical (unpaired) electrons. The fraction of sp³-hybridized carbons (Fsp3) is 0.391. The van der Waals surface area contributed by atoms with E-state index in [-0.39, 0.29) is 28.8 Å². The fourth-order valence-corrected chi connectivity index (χ4v) is 4.89. The van der Waals surface area contributed by atoms with E-state index in [2.05, 4.69) is 15.2 Å². The fourth-order valence-electron chi connectivity index (χ4n) is 4.89. The van der Waals surface area contributed by atoms with E-state index in [1.54, 1.807) is 14.0 Å². The third-order valence-electron chi connectivity index (χ3n) is 6.64. The molecule has 0 bridgehead atoms. The van der Waals surface area contributed by atoms with Gasteiger partial charge < -0.3 is 4.90 Å². The molecule has 5 rings (SSSR count). The van der Waals surface area contributed by atoms with Crippen molar-refractivity contribution in [1.82, 2.24) is 34.0 Å². The molecule has 1 aliphatic heterocycles. The molecule has 14 heteroatoms. The second-order valence-corrected chi connectivity index (χ2v) is 8.82. The van der Waals surface area contributed by atoms with E-state index in [1.807, 2.05) is 0 Å². The van der Waals surface area contributed by atoms with Crippen LogP contribution in [0.25, 0.3) is 22.4 Å². The molecule has 0 spiro atoms. The highest BCUT2D eigenvalue weighted by Crippen LogP contribution is 2.38. The van der Waals surface area contributed by atoms with E-state index in [1.165, 1.54) is 35.0 Å². The summed E-state index contributed by atoms with van der Waals surface area (Å²) in [6.07, 6.45) is -7.78. The van der Waals surface area contributed by atoms with Crippen molar-refractivity contribution >= 4 is 16.9 Å². The number of alkyl halides is 6. The smallest absolute Gasteiger partial charge is 0.330 e. The molecular formula is C23H21F6N7O. The molecule has 4 aromatic heterocycles. The number of carbonyl (C=O) groups excluding carboxylic acids is 1. The minimum absolute atomic E-state index is 0.0826. The van der Waals surface area contributed by atoms with E-state index >= 15 is 0 Å². The van der Waals surface area contributed by atoms with Gasteiger partial charge in [-0.15, -0.1) is 0 Å². The van der Waals surface area contributed by atoms with Gasteiger partial charge in [0.15, 0.2) is 5.69 Å². The van der Waals surface area contributed by atoms with Gasteiger partial charge in [-0.05, 0) is 31.5 Å². The molecular weight excluding hydrogens is 504 g/mol. The Kier molecular flexibility index (Phi) is 5.79. The van der Waals surface area contributed by atoms with Crippen molar-refractivity contribution in [3.05, 3.63) is 53.1 Å². The predicted octanol–water partition coefficient (Wildman–Crippen LogP) is 4.68. The highest BCUT2D eigenvalue weighted by molar-refractivity contribution is 6.05. The summed E-state index contributed by atoms with van der Waals surface area (Å²) < 4.78 is 82.8. The van der Waals surface area contributed by atoms with E-state index in [4.69, 9.17) is 0 Å². The van der Waals surface area contributed by atoms with Gasteiger partial charge in [-0.2, -0.15) is 23.4 Å². The van der Waals surface area contributed by atoms with Gasteiger partial charge in [0.05, 0.1) is 28.7 Å². The van der Waals surface area contributed by atoms with Gasteiger partial charge in [-0.3, -0.25) is 18.7 Å². The molecule has 0 N–H and O–H groups in total. The Balaban J connectivity index is 1.50. The zero-order valence-electron chi connectivity index (χ0n) is 19.8. The van der Waals surface area contributed by atoms with Gasteiger partial charge in [-0.25, -0.2) is 18.2 Å². The van der Waals surface area contributed by atoms with Crippen molar-refractivity contribution in [1.29, 1.82) is 0 Å². The van der Waals surface area contributed by atoms with Crippen LogP contribution in [0.3, 0.4) is 0 Å². The lowest BCUT2D eigenvalue weighted by Crippen LogP contribution is -2.39. The lowest BCUT2D eigenvalue weighted by atomic mass is 9.96. The van der Waals surface area contributed by atoms with Crippen LogP contribution in [0.2, 0.25) is 0 Å². The number of halogens is 6. The molecule has 2 unspecified atom stereocenters. The summed E-state index contributed by atoms with van der Waals surface area (Å²) in [4.78, 5) is 19.1. The van der Waals surface area contributed by atoms with Gasteiger partial charge in [0.25, 0.3) is 12.3 Å². The van der Waals surface area contributed by atoms with Crippen LogP contribution in [-0.4, -0.2) is 52.9 Å². The number of fused-ring (bicyclic) bond motifs is 2. The zero-order valence-corrected chi connectivity index (χ0v) is 19.8. The van der Waals surface area contributed by atoms with Crippen LogP contribution in [0.5, 0.6) is 0 Å². The molecule has 1 aliphatic rings. The maximum atomic E-state index is 14.0. The van der Waals surface area contributed by atoms with Crippen LogP contribution in [0, 0.1) is 0 Å². The van der Waals surface area contributed by atoms with Crippen LogP contribution in [0.4, 0.5) is 26.3 Å². The Morgan fingerprint density at radius 1 is 1.11 bits per heavy atom. The van der Waals surface area contributed by atoms with Crippen molar-refractivity contribution in [3.8, 4) is 11.4 Å². The normalized spacial score (nSPS) is 17.0. The number of carbonyl (C=O) groups is 1. The number of hydrogen-bond acceptors (Lipinski definition) is 4. The Morgan fingerprint density at radius 2 is 1.84 bits per heavy atom. The Morgan fingerprint density at radius 3 is 2.49 bits per heavy atom. The summed E-state index contributed by atoms with van der Waals surface area (Å²) in [5, 5.41) is 8.32. The molecule has 5 heterocycles. The third kappa shape index (κ3) is 3.94. The van der Waals surface area contributed by atoms with Crippen LogP contribution >= 0.6 is 0 Å². The molecule has 0 aromatic carbocycles. The van der Waals surface area contributed by atoms with E-state index in [0.29, 0.717) is 27.9 Å². The Hall–Kier alpha value is -3.84. The maximum absolute atomic E-state index is 14.0. The topological polar surface area (TPSA) is 73.8 Å². The summed E-state index contributed by atoms with van der Waals surface area (Å²) in [6, 6.07) is 3.22. The second-order valence-electron chi connectivity index (χ2n) is 8.82. The molecule has 37 heavy (non-hydrogen) atoms. The van der Waals surface area contributed by atoms with Crippen molar-refractivity contribution in [2.24, 2.45) is 14.1 Å². The van der Waals surface area contributed by atoms with Crippen molar-refractivity contribution in [2.45, 2.75) is 38.3 Å². The predicted molar refractivity (Wildman–Crippen MR) is 119 cm³/mol. The Labute approximate surface area is 206 Å². The number of amides is 1. The largest absolute Gasteiger partial charge is 0.435 e. The van der Waals surface area contributed by atoms with Crippen molar-refractivity contribution < 1.29 is 31.1 Å². The third-order valence-corrected chi connectivity index (χ3v) is 6.64. The summed E-state index contributed by atoms with van der Waals surface area (Å²) in [5.41, 5.74) is 1.02. The number of aryl methyl sites for hydroxylation is 2. The first-order valence-electron chi connectivity index (χ1n) is 11.3. The standard InChI is InChI=1S/C23H21F6N7O/c1-11-17-14(18(34(3)32-17)15-10-16(23(27,28)29)31-33(15)2)6-8-35(11)22(37)13-4-7-30-21-12(13)5-9-36(21)20(26)19(24)25/h4-5,7,9-11,19-20H,6,8H2,1-3H3. The molecule has 2 atom stereocenters. The van der Waals surface area contributed by atoms with Crippen LogP contribution < -0.4 is 0 Å². The van der Waals surface area contributed by atoms with Gasteiger partial charge in [0.2, 0.25) is 6.30 Å². The molecule has 0 saturated carbocycles. The number of nitrogens with zero attached hydrogens (tertiary/aromatic N) is 7. The summed E-state index contributed by atoms with van der Waals surface area (Å²) in [6.45, 7) is 1.97. The van der Waals surface area contributed by atoms with E-state index < -0.39 is 36.5 Å². The average molecular weight is 525 g/mol. The molecule has 0 fully saturated rings. The molecule has 0 saturated heterocycles. The van der Waals surface area contributed by atoms with Gasteiger partial charge in [-0.1, -0.05) is 0 Å². The number of aromatic nitrogens is 6. The number of hydrogen-bond donors (Lipinski definition) is 0. The van der Waals surface area contributed by atoms with E-state index in [0.717, 1.165) is 16.9 Å².